The smallest absolute Gasteiger partial charge is 0.153 e. The lowest BCUT2D eigenvalue weighted by atomic mass is 10.1. The van der Waals surface area contributed by atoms with Crippen molar-refractivity contribution in [1.29, 1.82) is 0 Å². The van der Waals surface area contributed by atoms with E-state index in [0.717, 1.165) is 12.0 Å². The van der Waals surface area contributed by atoms with E-state index in [1.165, 1.54) is 12.1 Å². The third kappa shape index (κ3) is 3.62. The maximum Gasteiger partial charge on any atom is 0.153 e. The molecule has 0 aliphatic heterocycles. The number of halogens is 2. The summed E-state index contributed by atoms with van der Waals surface area (Å²) >= 11 is 5.64. The minimum absolute atomic E-state index is 0.0234. The zero-order chi connectivity index (χ0) is 14.5. The van der Waals surface area contributed by atoms with E-state index in [9.17, 15) is 4.39 Å². The molecule has 3 nitrogen and oxygen atoms in total. The minimum atomic E-state index is -0.562. The molecular weight excluding hydrogens is 281 g/mol. The maximum atomic E-state index is 13.4. The van der Waals surface area contributed by atoms with Gasteiger partial charge in [0.2, 0.25) is 0 Å². The lowest BCUT2D eigenvalue weighted by molar-refractivity contribution is 0.202. The van der Waals surface area contributed by atoms with Crippen molar-refractivity contribution in [2.24, 2.45) is 0 Å². The zero-order valence-electron chi connectivity index (χ0n) is 11.0. The molecule has 0 aromatic heterocycles. The maximum absolute atomic E-state index is 13.4. The average molecular weight is 296 g/mol. The second-order valence-corrected chi connectivity index (χ2v) is 4.70. The lowest BCUT2D eigenvalue weighted by Crippen LogP contribution is -1.95. The molecule has 0 amide bonds. The Bertz CT molecular complexity index is 587. The summed E-state index contributed by atoms with van der Waals surface area (Å²) in [5.74, 6) is 0.267. The van der Waals surface area contributed by atoms with E-state index in [4.69, 9.17) is 26.8 Å². The Balaban J connectivity index is 2.12. The Kier molecular flexibility index (Phi) is 4.82. The molecule has 0 radical (unpaired) electrons. The fourth-order valence-corrected chi connectivity index (χ4v) is 1.88. The van der Waals surface area contributed by atoms with E-state index < -0.39 is 5.82 Å². The van der Waals surface area contributed by atoms with Gasteiger partial charge < -0.3 is 15.2 Å². The number of methoxy groups -OCH3 is 1. The second kappa shape index (κ2) is 6.59. The summed E-state index contributed by atoms with van der Waals surface area (Å²) in [7, 11) is 1.66. The molecule has 0 fully saturated rings. The van der Waals surface area contributed by atoms with Crippen molar-refractivity contribution >= 4 is 17.3 Å². The van der Waals surface area contributed by atoms with Crippen molar-refractivity contribution in [3.05, 3.63) is 52.8 Å². The second-order valence-electron chi connectivity index (χ2n) is 4.29. The number of nitrogens with two attached hydrogens (primary N) is 1. The summed E-state index contributed by atoms with van der Waals surface area (Å²) in [5, 5.41) is -0.0234. The van der Waals surface area contributed by atoms with Crippen molar-refractivity contribution in [2.75, 3.05) is 19.5 Å². The van der Waals surface area contributed by atoms with Crippen LogP contribution in [0.2, 0.25) is 5.02 Å². The van der Waals surface area contributed by atoms with Gasteiger partial charge >= 0.3 is 0 Å². The number of hydrogen-bond acceptors (Lipinski definition) is 3. The molecule has 0 aliphatic carbocycles. The topological polar surface area (TPSA) is 44.5 Å². The Labute approximate surface area is 122 Å². The molecule has 5 heteroatoms. The molecule has 2 aromatic carbocycles. The van der Waals surface area contributed by atoms with E-state index in [2.05, 4.69) is 0 Å². The van der Waals surface area contributed by atoms with Gasteiger partial charge in [0, 0.05) is 13.2 Å². The number of benzene rings is 2. The summed E-state index contributed by atoms with van der Waals surface area (Å²) < 4.78 is 23.9. The van der Waals surface area contributed by atoms with Gasteiger partial charge in [-0.2, -0.15) is 0 Å². The first-order valence-electron chi connectivity index (χ1n) is 6.10. The number of ether oxygens (including phenoxy) is 2. The average Bonchev–Trinajstić information content (AvgIpc) is 2.44. The van der Waals surface area contributed by atoms with Crippen LogP contribution < -0.4 is 10.5 Å². The summed E-state index contributed by atoms with van der Waals surface area (Å²) in [4.78, 5) is 0. The zero-order valence-corrected chi connectivity index (χ0v) is 11.8. The van der Waals surface area contributed by atoms with Crippen molar-refractivity contribution < 1.29 is 13.9 Å². The molecule has 0 atom stereocenters. The number of nitrogen functional groups attached to an aromatic ring is 1. The molecule has 2 aromatic rings. The van der Waals surface area contributed by atoms with Gasteiger partial charge in [-0.25, -0.2) is 4.39 Å². The van der Waals surface area contributed by atoms with Gasteiger partial charge in [0.1, 0.15) is 11.6 Å². The highest BCUT2D eigenvalue weighted by Gasteiger charge is 2.08. The fraction of sp³-hybridized carbons (Fsp3) is 0.200. The van der Waals surface area contributed by atoms with Crippen LogP contribution in [0.4, 0.5) is 10.1 Å². The highest BCUT2D eigenvalue weighted by atomic mass is 35.5. The Morgan fingerprint density at radius 2 is 1.90 bits per heavy atom. The molecule has 0 saturated heterocycles. The van der Waals surface area contributed by atoms with E-state index in [-0.39, 0.29) is 10.8 Å². The molecule has 0 saturated carbocycles. The molecule has 0 unspecified atom stereocenters. The predicted molar refractivity (Wildman–Crippen MR) is 77.9 cm³/mol. The van der Waals surface area contributed by atoms with Crippen molar-refractivity contribution in [2.45, 2.75) is 6.42 Å². The molecule has 0 spiro atoms. The van der Waals surface area contributed by atoms with Crippen LogP contribution in [0.5, 0.6) is 11.5 Å². The highest BCUT2D eigenvalue weighted by Crippen LogP contribution is 2.31. The van der Waals surface area contributed by atoms with Gasteiger partial charge in [0.15, 0.2) is 5.75 Å². The third-order valence-corrected chi connectivity index (χ3v) is 3.09. The number of anilines is 1. The molecule has 2 N–H and O–H groups in total. The number of hydrogen-bond donors (Lipinski definition) is 1. The molecule has 0 heterocycles. The Morgan fingerprint density at radius 1 is 1.20 bits per heavy atom. The summed E-state index contributed by atoms with van der Waals surface area (Å²) in [5.41, 5.74) is 7.17. The minimum Gasteiger partial charge on any atom is -0.455 e. The van der Waals surface area contributed by atoms with E-state index in [1.807, 2.05) is 12.1 Å². The quantitative estimate of drug-likeness (QED) is 0.847. The van der Waals surface area contributed by atoms with E-state index in [1.54, 1.807) is 19.2 Å². The third-order valence-electron chi connectivity index (χ3n) is 2.80. The standard InChI is InChI=1S/C15H15ClFNO2/c1-19-7-6-10-2-4-11(5-3-10)20-15-9-13(17)12(16)8-14(15)18/h2-5,8-9H,6-7,18H2,1H3. The molecule has 106 valence electrons. The van der Waals surface area contributed by atoms with Crippen LogP contribution in [0.3, 0.4) is 0 Å². The van der Waals surface area contributed by atoms with Crippen LogP contribution >= 0.6 is 11.6 Å². The van der Waals surface area contributed by atoms with Gasteiger partial charge in [-0.3, -0.25) is 0 Å². The molecule has 2 rings (SSSR count). The molecular formula is C15H15ClFNO2. The van der Waals surface area contributed by atoms with Crippen LogP contribution in [-0.4, -0.2) is 13.7 Å². The van der Waals surface area contributed by atoms with Crippen LogP contribution in [0.1, 0.15) is 5.56 Å². The summed E-state index contributed by atoms with van der Waals surface area (Å²) in [6.07, 6.45) is 0.828. The summed E-state index contributed by atoms with van der Waals surface area (Å²) in [6, 6.07) is 9.97. The van der Waals surface area contributed by atoms with E-state index in [0.29, 0.717) is 18.0 Å². The SMILES string of the molecule is COCCc1ccc(Oc2cc(F)c(Cl)cc2N)cc1. The van der Waals surface area contributed by atoms with Gasteiger partial charge in [0.25, 0.3) is 0 Å². The number of rotatable bonds is 5. The first-order chi connectivity index (χ1) is 9.60. The molecule has 0 bridgehead atoms. The van der Waals surface area contributed by atoms with Gasteiger partial charge in [0.05, 0.1) is 17.3 Å². The van der Waals surface area contributed by atoms with Gasteiger partial charge in [-0.05, 0) is 30.2 Å². The van der Waals surface area contributed by atoms with Crippen LogP contribution in [0.15, 0.2) is 36.4 Å². The van der Waals surface area contributed by atoms with Crippen molar-refractivity contribution in [1.82, 2.24) is 0 Å². The van der Waals surface area contributed by atoms with E-state index >= 15 is 0 Å². The Morgan fingerprint density at radius 3 is 2.55 bits per heavy atom. The lowest BCUT2D eigenvalue weighted by Gasteiger charge is -2.10. The Hall–Kier alpha value is -1.78. The molecule has 0 aliphatic rings. The summed E-state index contributed by atoms with van der Waals surface area (Å²) in [6.45, 7) is 0.662. The van der Waals surface area contributed by atoms with Crippen LogP contribution in [-0.2, 0) is 11.2 Å². The van der Waals surface area contributed by atoms with Gasteiger partial charge in [-0.15, -0.1) is 0 Å². The van der Waals surface area contributed by atoms with Crippen molar-refractivity contribution in [3.8, 4) is 11.5 Å². The monoisotopic (exact) mass is 295 g/mol. The van der Waals surface area contributed by atoms with Crippen LogP contribution in [0, 0.1) is 5.82 Å². The predicted octanol–water partition coefficient (Wildman–Crippen LogP) is 4.04. The largest absolute Gasteiger partial charge is 0.455 e. The van der Waals surface area contributed by atoms with Gasteiger partial charge in [-0.1, -0.05) is 23.7 Å². The fourth-order valence-electron chi connectivity index (χ4n) is 1.70. The van der Waals surface area contributed by atoms with Crippen molar-refractivity contribution in [3.63, 3.8) is 0 Å². The highest BCUT2D eigenvalue weighted by molar-refractivity contribution is 6.31. The molecule has 20 heavy (non-hydrogen) atoms. The first-order valence-corrected chi connectivity index (χ1v) is 6.48. The van der Waals surface area contributed by atoms with Crippen LogP contribution in [0.25, 0.3) is 0 Å². The normalized spacial score (nSPS) is 10.6. The first kappa shape index (κ1) is 14.6.